The summed E-state index contributed by atoms with van der Waals surface area (Å²) in [6.45, 7) is 0.544. The minimum absolute atomic E-state index is 0.0187. The third kappa shape index (κ3) is 1.79. The van der Waals surface area contributed by atoms with E-state index in [-0.39, 0.29) is 28.7 Å². The molecular weight excluding hydrogens is 322 g/mol. The minimum atomic E-state index is -1.44. The Morgan fingerprint density at radius 1 is 1.33 bits per heavy atom. The summed E-state index contributed by atoms with van der Waals surface area (Å²) >= 11 is 0. The van der Waals surface area contributed by atoms with Gasteiger partial charge in [0.25, 0.3) is 0 Å². The second-order valence-electron chi connectivity index (χ2n) is 6.54. The van der Waals surface area contributed by atoms with E-state index in [1.165, 1.54) is 10.8 Å². The Hall–Kier alpha value is -2.64. The molecule has 4 rings (SSSR count). The smallest absolute Gasteiger partial charge is 0.341 e. The van der Waals surface area contributed by atoms with E-state index in [1.807, 2.05) is 0 Å². The lowest BCUT2D eigenvalue weighted by atomic mass is 9.69. The van der Waals surface area contributed by atoms with Crippen molar-refractivity contribution in [1.29, 1.82) is 0 Å². The molecule has 2 aliphatic rings. The number of anilines is 1. The summed E-state index contributed by atoms with van der Waals surface area (Å²) in [7, 11) is 0. The number of aromatic nitrogens is 1. The molecule has 2 aromatic rings. The number of carboxylic acid groups (broad SMARTS) is 1. The SMILES string of the molecule is Nc1c(F)c(F)c2c3c1c(=O)c(C(=O)O)cn3CC1(CCC1)CO2. The molecule has 1 aromatic carbocycles. The maximum Gasteiger partial charge on any atom is 0.341 e. The first kappa shape index (κ1) is 14.9. The van der Waals surface area contributed by atoms with Crippen LogP contribution < -0.4 is 15.9 Å². The minimum Gasteiger partial charge on any atom is -0.488 e. The molecule has 1 aliphatic heterocycles. The van der Waals surface area contributed by atoms with Crippen molar-refractivity contribution < 1.29 is 23.4 Å². The first-order chi connectivity index (χ1) is 11.3. The second kappa shape index (κ2) is 4.68. The van der Waals surface area contributed by atoms with Gasteiger partial charge in [-0.3, -0.25) is 4.79 Å². The molecule has 1 spiro atoms. The summed E-state index contributed by atoms with van der Waals surface area (Å²) in [6, 6.07) is 0. The molecule has 0 atom stereocenters. The molecule has 2 heterocycles. The van der Waals surface area contributed by atoms with E-state index in [0.717, 1.165) is 19.3 Å². The molecule has 0 saturated heterocycles. The molecular formula is C16H14F2N2O4. The first-order valence-corrected chi connectivity index (χ1v) is 7.54. The number of nitrogen functional groups attached to an aromatic ring is 1. The Kier molecular flexibility index (Phi) is 2.91. The van der Waals surface area contributed by atoms with Crippen LogP contribution >= 0.6 is 0 Å². The van der Waals surface area contributed by atoms with Crippen LogP contribution in [0.2, 0.25) is 0 Å². The molecule has 24 heavy (non-hydrogen) atoms. The lowest BCUT2D eigenvalue weighted by molar-refractivity contribution is 0.0457. The van der Waals surface area contributed by atoms with Crippen molar-refractivity contribution in [3.05, 3.63) is 33.6 Å². The van der Waals surface area contributed by atoms with Crippen molar-refractivity contribution in [3.63, 3.8) is 0 Å². The van der Waals surface area contributed by atoms with Gasteiger partial charge in [-0.25, -0.2) is 9.18 Å². The highest BCUT2D eigenvalue weighted by molar-refractivity contribution is 6.00. The van der Waals surface area contributed by atoms with Crippen molar-refractivity contribution >= 4 is 22.6 Å². The van der Waals surface area contributed by atoms with Crippen molar-refractivity contribution in [2.75, 3.05) is 12.3 Å². The zero-order valence-electron chi connectivity index (χ0n) is 12.6. The van der Waals surface area contributed by atoms with Crippen molar-refractivity contribution in [3.8, 4) is 5.75 Å². The van der Waals surface area contributed by atoms with Gasteiger partial charge in [0.1, 0.15) is 11.1 Å². The number of hydrogen-bond acceptors (Lipinski definition) is 4. The van der Waals surface area contributed by atoms with Crippen molar-refractivity contribution in [2.45, 2.75) is 25.8 Å². The van der Waals surface area contributed by atoms with Crippen LogP contribution in [0.15, 0.2) is 11.0 Å². The van der Waals surface area contributed by atoms with Crippen LogP contribution in [0.3, 0.4) is 0 Å². The molecule has 1 aromatic heterocycles. The largest absolute Gasteiger partial charge is 0.488 e. The quantitative estimate of drug-likeness (QED) is 0.778. The van der Waals surface area contributed by atoms with Crippen LogP contribution in [-0.4, -0.2) is 22.2 Å². The zero-order valence-corrected chi connectivity index (χ0v) is 12.6. The van der Waals surface area contributed by atoms with E-state index >= 15 is 0 Å². The van der Waals surface area contributed by atoms with Crippen LogP contribution in [0.4, 0.5) is 14.5 Å². The molecule has 8 heteroatoms. The van der Waals surface area contributed by atoms with Crippen LogP contribution in [0.5, 0.6) is 5.75 Å². The molecule has 126 valence electrons. The van der Waals surface area contributed by atoms with Gasteiger partial charge in [-0.1, -0.05) is 6.42 Å². The lowest BCUT2D eigenvalue weighted by Gasteiger charge is -2.40. The number of nitrogens with zero attached hydrogens (tertiary/aromatic N) is 1. The molecule has 0 unspecified atom stereocenters. The number of carboxylic acids is 1. The highest BCUT2D eigenvalue weighted by atomic mass is 19.2. The molecule has 1 saturated carbocycles. The van der Waals surface area contributed by atoms with Crippen LogP contribution in [0.1, 0.15) is 29.6 Å². The molecule has 0 amide bonds. The van der Waals surface area contributed by atoms with Crippen LogP contribution in [-0.2, 0) is 6.54 Å². The summed E-state index contributed by atoms with van der Waals surface area (Å²) < 4.78 is 35.5. The van der Waals surface area contributed by atoms with E-state index in [2.05, 4.69) is 0 Å². The Bertz CT molecular complexity index is 963. The fraction of sp³-hybridized carbons (Fsp3) is 0.375. The molecule has 0 bridgehead atoms. The fourth-order valence-corrected chi connectivity index (χ4v) is 3.61. The summed E-state index contributed by atoms with van der Waals surface area (Å²) in [5.41, 5.74) is 3.18. The normalized spacial score (nSPS) is 18.1. The van der Waals surface area contributed by atoms with E-state index in [0.29, 0.717) is 6.54 Å². The lowest BCUT2D eigenvalue weighted by Crippen LogP contribution is -2.38. The van der Waals surface area contributed by atoms with Crippen LogP contribution in [0.25, 0.3) is 10.9 Å². The number of nitrogens with two attached hydrogens (primary N) is 1. The van der Waals surface area contributed by atoms with Gasteiger partial charge in [-0.15, -0.1) is 0 Å². The van der Waals surface area contributed by atoms with Gasteiger partial charge < -0.3 is 20.1 Å². The number of hydrogen-bond donors (Lipinski definition) is 2. The Morgan fingerprint density at radius 2 is 2.04 bits per heavy atom. The summed E-state index contributed by atoms with van der Waals surface area (Å²) in [4.78, 5) is 23.8. The molecule has 3 N–H and O–H groups in total. The average molecular weight is 336 g/mol. The standard InChI is InChI=1S/C16H14F2N2O4/c17-9-10(18)14-12-8(11(9)19)13(21)7(15(22)23)4-20(12)5-16(6-24-14)2-1-3-16/h4H,1-3,5-6,19H2,(H,22,23). The Labute approximate surface area is 134 Å². The monoisotopic (exact) mass is 336 g/mol. The van der Waals surface area contributed by atoms with Gasteiger partial charge in [0.2, 0.25) is 11.2 Å². The fourth-order valence-electron chi connectivity index (χ4n) is 3.61. The Morgan fingerprint density at radius 3 is 2.62 bits per heavy atom. The maximum absolute atomic E-state index is 14.3. The van der Waals surface area contributed by atoms with Gasteiger partial charge in [0.05, 0.1) is 17.7 Å². The summed E-state index contributed by atoms with van der Waals surface area (Å²) in [5.74, 6) is -4.47. The molecule has 0 radical (unpaired) electrons. The van der Waals surface area contributed by atoms with Crippen molar-refractivity contribution in [2.24, 2.45) is 5.41 Å². The third-order valence-corrected chi connectivity index (χ3v) is 5.07. The van der Waals surface area contributed by atoms with E-state index < -0.39 is 34.3 Å². The van der Waals surface area contributed by atoms with Gasteiger partial charge in [-0.2, -0.15) is 4.39 Å². The maximum atomic E-state index is 14.3. The average Bonchev–Trinajstić information content (AvgIpc) is 2.68. The van der Waals surface area contributed by atoms with Crippen molar-refractivity contribution in [1.82, 2.24) is 4.57 Å². The number of carbonyl (C=O) groups is 1. The first-order valence-electron chi connectivity index (χ1n) is 7.54. The van der Waals surface area contributed by atoms with E-state index in [9.17, 15) is 23.5 Å². The second-order valence-corrected chi connectivity index (χ2v) is 6.54. The van der Waals surface area contributed by atoms with Gasteiger partial charge in [0, 0.05) is 18.2 Å². The number of benzene rings is 1. The predicted octanol–water partition coefficient (Wildman–Crippen LogP) is 2.12. The third-order valence-electron chi connectivity index (χ3n) is 5.07. The van der Waals surface area contributed by atoms with Gasteiger partial charge in [0.15, 0.2) is 11.6 Å². The summed E-state index contributed by atoms with van der Waals surface area (Å²) in [5, 5.41) is 8.92. The predicted molar refractivity (Wildman–Crippen MR) is 81.3 cm³/mol. The summed E-state index contributed by atoms with van der Waals surface area (Å²) in [6.07, 6.45) is 3.81. The number of halogens is 2. The van der Waals surface area contributed by atoms with Gasteiger partial charge >= 0.3 is 5.97 Å². The number of ether oxygens (including phenoxy) is 1. The van der Waals surface area contributed by atoms with Crippen LogP contribution in [0, 0.1) is 17.0 Å². The van der Waals surface area contributed by atoms with E-state index in [4.69, 9.17) is 10.5 Å². The number of pyridine rings is 1. The zero-order chi connectivity index (χ0) is 17.2. The van der Waals surface area contributed by atoms with Gasteiger partial charge in [-0.05, 0) is 12.8 Å². The van der Waals surface area contributed by atoms with E-state index in [1.54, 1.807) is 0 Å². The highest BCUT2D eigenvalue weighted by Gasteiger charge is 2.41. The highest BCUT2D eigenvalue weighted by Crippen LogP contribution is 2.47. The Balaban J connectivity index is 2.16. The molecule has 6 nitrogen and oxygen atoms in total. The molecule has 1 fully saturated rings. The number of aromatic carboxylic acids is 1. The topological polar surface area (TPSA) is 94.5 Å². The number of rotatable bonds is 1. The molecule has 1 aliphatic carbocycles.